The van der Waals surface area contributed by atoms with Crippen molar-refractivity contribution in [1.82, 2.24) is 4.98 Å². The Labute approximate surface area is 109 Å². The number of nitrogens with one attached hydrogen (secondary N) is 2. The Kier molecular flexibility index (Phi) is 3.65. The van der Waals surface area contributed by atoms with Crippen molar-refractivity contribution in [3.63, 3.8) is 0 Å². The first kappa shape index (κ1) is 12.2. The second-order valence-electron chi connectivity index (χ2n) is 3.41. The third-order valence-electron chi connectivity index (χ3n) is 2.30. The van der Waals surface area contributed by atoms with Crippen LogP contribution in [0.25, 0.3) is 0 Å². The number of ether oxygens (including phenoxy) is 1. The van der Waals surface area contributed by atoms with Crippen LogP contribution in [0.1, 0.15) is 4.88 Å². The predicted molar refractivity (Wildman–Crippen MR) is 72.7 cm³/mol. The number of rotatable bonds is 4. The maximum absolute atomic E-state index is 9.02. The van der Waals surface area contributed by atoms with E-state index < -0.39 is 0 Å². The molecular weight excluding hydrogens is 248 g/mol. The molecule has 6 heteroatoms. The molecule has 0 radical (unpaired) electrons. The van der Waals surface area contributed by atoms with Crippen molar-refractivity contribution in [3.8, 4) is 11.8 Å². The average Bonchev–Trinajstić information content (AvgIpc) is 2.82. The molecule has 0 amide bonds. The highest BCUT2D eigenvalue weighted by Gasteiger charge is 2.10. The van der Waals surface area contributed by atoms with E-state index in [1.165, 1.54) is 11.3 Å². The third-order valence-corrected chi connectivity index (χ3v) is 3.27. The van der Waals surface area contributed by atoms with Crippen molar-refractivity contribution < 1.29 is 4.74 Å². The van der Waals surface area contributed by atoms with Crippen molar-refractivity contribution in [3.05, 3.63) is 29.1 Å². The second-order valence-corrected chi connectivity index (χ2v) is 4.41. The topological polar surface area (TPSA) is 70.0 Å². The Morgan fingerprint density at radius 1 is 1.33 bits per heavy atom. The van der Waals surface area contributed by atoms with Crippen LogP contribution in [0.4, 0.5) is 16.6 Å². The fourth-order valence-corrected chi connectivity index (χ4v) is 2.07. The van der Waals surface area contributed by atoms with E-state index in [0.29, 0.717) is 15.8 Å². The molecule has 92 valence electrons. The Morgan fingerprint density at radius 2 is 2.06 bits per heavy atom. The Morgan fingerprint density at radius 3 is 2.61 bits per heavy atom. The molecule has 1 aromatic heterocycles. The maximum atomic E-state index is 9.02. The fourth-order valence-electron chi connectivity index (χ4n) is 1.40. The van der Waals surface area contributed by atoms with E-state index in [2.05, 4.69) is 21.7 Å². The molecule has 0 aliphatic rings. The van der Waals surface area contributed by atoms with Gasteiger partial charge in [0.05, 0.1) is 7.11 Å². The largest absolute Gasteiger partial charge is 0.497 e. The molecule has 5 nitrogen and oxygen atoms in total. The molecule has 0 aliphatic carbocycles. The van der Waals surface area contributed by atoms with Gasteiger partial charge in [-0.05, 0) is 24.3 Å². The smallest absolute Gasteiger partial charge is 0.185 e. The third kappa shape index (κ3) is 2.52. The fraction of sp³-hybridized carbons (Fsp3) is 0.167. The molecular formula is C12H12N4OS. The van der Waals surface area contributed by atoms with E-state index in [1.807, 2.05) is 24.3 Å². The summed E-state index contributed by atoms with van der Waals surface area (Å²) in [5.74, 6) is 1.35. The average molecular weight is 260 g/mol. The SMILES string of the molecule is CNc1nc(Nc2ccc(OC)cc2)c(C#N)s1. The quantitative estimate of drug-likeness (QED) is 0.884. The first-order valence-corrected chi connectivity index (χ1v) is 6.08. The normalized spacial score (nSPS) is 9.61. The number of hydrogen-bond donors (Lipinski definition) is 2. The van der Waals surface area contributed by atoms with Gasteiger partial charge in [0.25, 0.3) is 0 Å². The number of thiazole rings is 1. The molecule has 0 atom stereocenters. The number of hydrogen-bond acceptors (Lipinski definition) is 6. The summed E-state index contributed by atoms with van der Waals surface area (Å²) >= 11 is 1.32. The van der Waals surface area contributed by atoms with E-state index in [1.54, 1.807) is 14.2 Å². The molecule has 2 N–H and O–H groups in total. The molecule has 2 aromatic rings. The van der Waals surface area contributed by atoms with E-state index >= 15 is 0 Å². The molecule has 18 heavy (non-hydrogen) atoms. The number of benzene rings is 1. The van der Waals surface area contributed by atoms with E-state index in [4.69, 9.17) is 10.00 Å². The second kappa shape index (κ2) is 5.38. The van der Waals surface area contributed by atoms with Gasteiger partial charge in [0.15, 0.2) is 15.8 Å². The molecule has 0 saturated heterocycles. The standard InChI is InChI=1S/C12H12N4OS/c1-14-12-16-11(10(7-13)18-12)15-8-3-5-9(17-2)6-4-8/h3-6,15H,1-2H3,(H,14,16). The zero-order chi connectivity index (χ0) is 13.0. The highest BCUT2D eigenvalue weighted by atomic mass is 32.1. The van der Waals surface area contributed by atoms with Crippen LogP contribution in [-0.4, -0.2) is 19.1 Å². The molecule has 0 bridgehead atoms. The van der Waals surface area contributed by atoms with Gasteiger partial charge < -0.3 is 15.4 Å². The number of anilines is 3. The Hall–Kier alpha value is -2.26. The van der Waals surface area contributed by atoms with Crippen molar-refractivity contribution >= 4 is 28.0 Å². The van der Waals surface area contributed by atoms with Crippen LogP contribution in [0.5, 0.6) is 5.75 Å². The van der Waals surface area contributed by atoms with Crippen molar-refractivity contribution in [2.45, 2.75) is 0 Å². The molecule has 0 aliphatic heterocycles. The molecule has 1 aromatic carbocycles. The summed E-state index contributed by atoms with van der Waals surface area (Å²) in [5.41, 5.74) is 0.861. The lowest BCUT2D eigenvalue weighted by atomic mass is 10.3. The summed E-state index contributed by atoms with van der Waals surface area (Å²) in [5, 5.41) is 15.8. The molecule has 0 unspecified atom stereocenters. The Balaban J connectivity index is 2.22. The first-order chi connectivity index (χ1) is 8.76. The minimum Gasteiger partial charge on any atom is -0.497 e. The van der Waals surface area contributed by atoms with Crippen LogP contribution in [0, 0.1) is 11.3 Å². The van der Waals surface area contributed by atoms with E-state index in [9.17, 15) is 0 Å². The van der Waals surface area contributed by atoms with Gasteiger partial charge >= 0.3 is 0 Å². The van der Waals surface area contributed by atoms with Crippen LogP contribution in [0.3, 0.4) is 0 Å². The van der Waals surface area contributed by atoms with Crippen LogP contribution in [-0.2, 0) is 0 Å². The van der Waals surface area contributed by atoms with Gasteiger partial charge in [-0.3, -0.25) is 0 Å². The molecule has 1 heterocycles. The zero-order valence-corrected chi connectivity index (χ0v) is 10.8. The maximum Gasteiger partial charge on any atom is 0.185 e. The number of nitriles is 1. The summed E-state index contributed by atoms with van der Waals surface area (Å²) in [6.45, 7) is 0. The van der Waals surface area contributed by atoms with Crippen LogP contribution < -0.4 is 15.4 Å². The van der Waals surface area contributed by atoms with E-state index in [0.717, 1.165) is 11.4 Å². The number of methoxy groups -OCH3 is 1. The van der Waals surface area contributed by atoms with Gasteiger partial charge in [0, 0.05) is 12.7 Å². The van der Waals surface area contributed by atoms with Gasteiger partial charge in [-0.15, -0.1) is 0 Å². The molecule has 0 spiro atoms. The summed E-state index contributed by atoms with van der Waals surface area (Å²) in [4.78, 5) is 4.83. The van der Waals surface area contributed by atoms with Gasteiger partial charge in [0.1, 0.15) is 11.8 Å². The lowest BCUT2D eigenvalue weighted by molar-refractivity contribution is 0.415. The number of nitrogens with zero attached hydrogens (tertiary/aromatic N) is 2. The van der Waals surface area contributed by atoms with Gasteiger partial charge in [-0.1, -0.05) is 11.3 Å². The monoisotopic (exact) mass is 260 g/mol. The van der Waals surface area contributed by atoms with Gasteiger partial charge in [-0.25, -0.2) is 4.98 Å². The lowest BCUT2D eigenvalue weighted by Gasteiger charge is -2.04. The predicted octanol–water partition coefficient (Wildman–Crippen LogP) is 2.81. The molecule has 0 saturated carbocycles. The highest BCUT2D eigenvalue weighted by Crippen LogP contribution is 2.28. The number of aromatic nitrogens is 1. The van der Waals surface area contributed by atoms with Gasteiger partial charge in [0.2, 0.25) is 0 Å². The highest BCUT2D eigenvalue weighted by molar-refractivity contribution is 7.16. The van der Waals surface area contributed by atoms with Crippen LogP contribution in [0.15, 0.2) is 24.3 Å². The van der Waals surface area contributed by atoms with Crippen LogP contribution in [0.2, 0.25) is 0 Å². The molecule has 2 rings (SSSR count). The summed E-state index contributed by atoms with van der Waals surface area (Å²) in [6.07, 6.45) is 0. The van der Waals surface area contributed by atoms with Crippen molar-refractivity contribution in [2.75, 3.05) is 24.8 Å². The summed E-state index contributed by atoms with van der Waals surface area (Å²) in [6, 6.07) is 9.56. The minimum atomic E-state index is 0.551. The van der Waals surface area contributed by atoms with Crippen molar-refractivity contribution in [1.29, 1.82) is 5.26 Å². The van der Waals surface area contributed by atoms with Gasteiger partial charge in [-0.2, -0.15) is 5.26 Å². The van der Waals surface area contributed by atoms with Crippen molar-refractivity contribution in [2.24, 2.45) is 0 Å². The lowest BCUT2D eigenvalue weighted by Crippen LogP contribution is -1.93. The van der Waals surface area contributed by atoms with E-state index in [-0.39, 0.29) is 0 Å². The van der Waals surface area contributed by atoms with Crippen LogP contribution >= 0.6 is 11.3 Å². The zero-order valence-electron chi connectivity index (χ0n) is 10.0. The molecule has 0 fully saturated rings. The summed E-state index contributed by atoms with van der Waals surface area (Å²) in [7, 11) is 3.40. The first-order valence-electron chi connectivity index (χ1n) is 5.26. The Bertz CT molecular complexity index is 571. The minimum absolute atomic E-state index is 0.551. The summed E-state index contributed by atoms with van der Waals surface area (Å²) < 4.78 is 5.08.